The molecule has 1 aliphatic rings. The van der Waals surface area contributed by atoms with Crippen LogP contribution in [0.1, 0.15) is 33.1 Å². The van der Waals surface area contributed by atoms with E-state index in [1.807, 2.05) is 6.92 Å². The van der Waals surface area contributed by atoms with Crippen molar-refractivity contribution in [3.8, 4) is 0 Å². The molecule has 0 spiro atoms. The Labute approximate surface area is 56.5 Å². The molecule has 9 heavy (non-hydrogen) atoms. The fourth-order valence-corrected chi connectivity index (χ4v) is 1.52. The Balaban J connectivity index is 2.41. The highest BCUT2D eigenvalue weighted by molar-refractivity contribution is 4.75. The molecule has 1 rings (SSSR count). The Morgan fingerprint density at radius 2 is 1.89 bits per heavy atom. The van der Waals surface area contributed by atoms with Gasteiger partial charge in [0.2, 0.25) is 0 Å². The molecule has 0 radical (unpaired) electrons. The SMILES string of the molecule is C[C@@H]1[C@H](C)CCC[C@@H]1F. The standard InChI is InChI=1S/C8H15F/c1-6-4-3-5-8(9)7(6)2/h6-8H,3-5H2,1-2H3/t6-,7-,8+/m1/s1. The third-order valence-corrected chi connectivity index (χ3v) is 2.61. The molecule has 3 atom stereocenters. The number of halogens is 1. The van der Waals surface area contributed by atoms with E-state index in [0.717, 1.165) is 12.8 Å². The maximum atomic E-state index is 12.8. The van der Waals surface area contributed by atoms with Crippen molar-refractivity contribution in [2.45, 2.75) is 39.3 Å². The van der Waals surface area contributed by atoms with Crippen LogP contribution in [0.3, 0.4) is 0 Å². The molecule has 0 aliphatic heterocycles. The highest BCUT2D eigenvalue weighted by Gasteiger charge is 2.26. The van der Waals surface area contributed by atoms with Crippen molar-refractivity contribution in [3.63, 3.8) is 0 Å². The highest BCUT2D eigenvalue weighted by Crippen LogP contribution is 2.31. The van der Waals surface area contributed by atoms with E-state index in [0.29, 0.717) is 11.8 Å². The largest absolute Gasteiger partial charge is 0.247 e. The van der Waals surface area contributed by atoms with E-state index in [-0.39, 0.29) is 0 Å². The second-order valence-electron chi connectivity index (χ2n) is 3.28. The second kappa shape index (κ2) is 2.68. The maximum absolute atomic E-state index is 12.8. The lowest BCUT2D eigenvalue weighted by Crippen LogP contribution is -2.24. The van der Waals surface area contributed by atoms with Gasteiger partial charge in [-0.25, -0.2) is 4.39 Å². The fraction of sp³-hybridized carbons (Fsp3) is 1.00. The number of rotatable bonds is 0. The van der Waals surface area contributed by atoms with E-state index in [9.17, 15) is 4.39 Å². The first kappa shape index (κ1) is 7.04. The van der Waals surface area contributed by atoms with Crippen molar-refractivity contribution in [3.05, 3.63) is 0 Å². The first-order valence-corrected chi connectivity index (χ1v) is 3.86. The normalized spacial score (nSPS) is 45.0. The Morgan fingerprint density at radius 3 is 2.33 bits per heavy atom. The van der Waals surface area contributed by atoms with Gasteiger partial charge in [-0.2, -0.15) is 0 Å². The van der Waals surface area contributed by atoms with E-state index in [4.69, 9.17) is 0 Å². The Hall–Kier alpha value is -0.0700. The summed E-state index contributed by atoms with van der Waals surface area (Å²) in [6.07, 6.45) is 2.59. The van der Waals surface area contributed by atoms with Crippen LogP contribution >= 0.6 is 0 Å². The van der Waals surface area contributed by atoms with Gasteiger partial charge in [0.15, 0.2) is 0 Å². The van der Waals surface area contributed by atoms with E-state index in [1.165, 1.54) is 6.42 Å². The smallest absolute Gasteiger partial charge is 0.103 e. The van der Waals surface area contributed by atoms with Crippen molar-refractivity contribution in [2.24, 2.45) is 11.8 Å². The van der Waals surface area contributed by atoms with Gasteiger partial charge in [0, 0.05) is 0 Å². The molecule has 54 valence electrons. The molecule has 0 saturated heterocycles. The van der Waals surface area contributed by atoms with Gasteiger partial charge in [-0.15, -0.1) is 0 Å². The van der Waals surface area contributed by atoms with Crippen molar-refractivity contribution in [1.29, 1.82) is 0 Å². The third kappa shape index (κ3) is 1.44. The molecule has 0 aromatic carbocycles. The van der Waals surface area contributed by atoms with Crippen LogP contribution in [0.25, 0.3) is 0 Å². The van der Waals surface area contributed by atoms with E-state index in [1.54, 1.807) is 0 Å². The average Bonchev–Trinajstić information content (AvgIpc) is 1.83. The molecule has 0 nitrogen and oxygen atoms in total. The van der Waals surface area contributed by atoms with Gasteiger partial charge in [0.1, 0.15) is 6.17 Å². The van der Waals surface area contributed by atoms with Crippen molar-refractivity contribution in [2.75, 3.05) is 0 Å². The summed E-state index contributed by atoms with van der Waals surface area (Å²) in [5.41, 5.74) is 0. The molecular weight excluding hydrogens is 115 g/mol. The lowest BCUT2D eigenvalue weighted by Gasteiger charge is -2.28. The van der Waals surface area contributed by atoms with Crippen molar-refractivity contribution in [1.82, 2.24) is 0 Å². The highest BCUT2D eigenvalue weighted by atomic mass is 19.1. The number of hydrogen-bond donors (Lipinski definition) is 0. The zero-order chi connectivity index (χ0) is 6.85. The monoisotopic (exact) mass is 130 g/mol. The molecule has 1 fully saturated rings. The minimum absolute atomic E-state index is 0.304. The third-order valence-electron chi connectivity index (χ3n) is 2.61. The molecule has 0 aromatic heterocycles. The van der Waals surface area contributed by atoms with Crippen molar-refractivity contribution < 1.29 is 4.39 Å². The quantitative estimate of drug-likeness (QED) is 0.473. The fourth-order valence-electron chi connectivity index (χ4n) is 1.52. The van der Waals surface area contributed by atoms with Crippen molar-refractivity contribution >= 4 is 0 Å². The lowest BCUT2D eigenvalue weighted by molar-refractivity contribution is 0.130. The first-order chi connectivity index (χ1) is 4.22. The van der Waals surface area contributed by atoms with Crippen LogP contribution in [0.15, 0.2) is 0 Å². The molecule has 0 aromatic rings. The minimum Gasteiger partial charge on any atom is -0.247 e. The Bertz CT molecular complexity index is 80.6. The molecule has 0 bridgehead atoms. The lowest BCUT2D eigenvalue weighted by atomic mass is 9.80. The predicted molar refractivity (Wildman–Crippen MR) is 37.1 cm³/mol. The van der Waals surface area contributed by atoms with Gasteiger partial charge in [0.05, 0.1) is 0 Å². The van der Waals surface area contributed by atoms with Crippen LogP contribution in [0.4, 0.5) is 4.39 Å². The van der Waals surface area contributed by atoms with Crippen LogP contribution in [-0.2, 0) is 0 Å². The summed E-state index contributed by atoms with van der Waals surface area (Å²) in [6, 6.07) is 0. The van der Waals surface area contributed by atoms with Gasteiger partial charge >= 0.3 is 0 Å². The Morgan fingerprint density at radius 1 is 1.22 bits per heavy atom. The molecule has 0 heterocycles. The number of alkyl halides is 1. The first-order valence-electron chi connectivity index (χ1n) is 3.86. The average molecular weight is 130 g/mol. The molecule has 0 N–H and O–H groups in total. The van der Waals surface area contributed by atoms with Gasteiger partial charge in [0.25, 0.3) is 0 Å². The van der Waals surface area contributed by atoms with Crippen LogP contribution in [0.5, 0.6) is 0 Å². The predicted octanol–water partition coefficient (Wildman–Crippen LogP) is 2.78. The second-order valence-corrected chi connectivity index (χ2v) is 3.28. The molecule has 0 unspecified atom stereocenters. The van der Waals surface area contributed by atoms with Crippen LogP contribution in [-0.4, -0.2) is 6.17 Å². The summed E-state index contributed by atoms with van der Waals surface area (Å²) in [7, 11) is 0. The minimum atomic E-state index is -0.520. The van der Waals surface area contributed by atoms with E-state index < -0.39 is 6.17 Å². The summed E-state index contributed by atoms with van der Waals surface area (Å²) in [4.78, 5) is 0. The zero-order valence-electron chi connectivity index (χ0n) is 6.23. The maximum Gasteiger partial charge on any atom is 0.103 e. The summed E-state index contributed by atoms with van der Waals surface area (Å²) in [6.45, 7) is 4.17. The van der Waals surface area contributed by atoms with Gasteiger partial charge < -0.3 is 0 Å². The summed E-state index contributed by atoms with van der Waals surface area (Å²) in [5.74, 6) is 0.910. The molecule has 1 heteroatoms. The van der Waals surface area contributed by atoms with E-state index in [2.05, 4.69) is 6.92 Å². The van der Waals surface area contributed by atoms with Gasteiger partial charge in [-0.05, 0) is 18.3 Å². The van der Waals surface area contributed by atoms with Gasteiger partial charge in [-0.3, -0.25) is 0 Å². The number of hydrogen-bond acceptors (Lipinski definition) is 0. The summed E-state index contributed by atoms with van der Waals surface area (Å²) >= 11 is 0. The van der Waals surface area contributed by atoms with E-state index >= 15 is 0 Å². The molecule has 1 aliphatic carbocycles. The van der Waals surface area contributed by atoms with Crippen LogP contribution in [0, 0.1) is 11.8 Å². The van der Waals surface area contributed by atoms with Crippen LogP contribution in [0.2, 0.25) is 0 Å². The summed E-state index contributed by atoms with van der Waals surface area (Å²) < 4.78 is 12.8. The topological polar surface area (TPSA) is 0 Å². The van der Waals surface area contributed by atoms with Crippen LogP contribution < -0.4 is 0 Å². The molecular formula is C8H15F. The molecule has 1 saturated carbocycles. The Kier molecular flexibility index (Phi) is 2.09. The molecule has 0 amide bonds. The zero-order valence-corrected chi connectivity index (χ0v) is 6.23. The van der Waals surface area contributed by atoms with Gasteiger partial charge in [-0.1, -0.05) is 26.7 Å². The summed E-state index contributed by atoms with van der Waals surface area (Å²) in [5, 5.41) is 0.